The predicted octanol–water partition coefficient (Wildman–Crippen LogP) is 2.68. The fraction of sp³-hybridized carbons (Fsp3) is 0.588. The normalized spacial score (nSPS) is 20.1. The molecule has 1 aromatic rings. The maximum atomic E-state index is 12.1. The molecule has 3 heteroatoms. The zero-order valence-corrected chi connectivity index (χ0v) is 12.6. The summed E-state index contributed by atoms with van der Waals surface area (Å²) in [6, 6.07) is 10.8. The van der Waals surface area contributed by atoms with Crippen LogP contribution in [0.15, 0.2) is 30.3 Å². The van der Waals surface area contributed by atoms with E-state index in [1.54, 1.807) is 0 Å². The molecule has 110 valence electrons. The molecule has 0 radical (unpaired) electrons. The molecule has 1 amide bonds. The van der Waals surface area contributed by atoms with Gasteiger partial charge in [-0.15, -0.1) is 0 Å². The van der Waals surface area contributed by atoms with Gasteiger partial charge in [0.15, 0.2) is 0 Å². The third-order valence-corrected chi connectivity index (χ3v) is 4.15. The van der Waals surface area contributed by atoms with E-state index in [9.17, 15) is 4.79 Å². The van der Waals surface area contributed by atoms with Crippen LogP contribution in [0.25, 0.3) is 0 Å². The van der Waals surface area contributed by atoms with E-state index >= 15 is 0 Å². The number of carbonyl (C=O) groups is 1. The standard InChI is InChI=1S/C17H26N2O/c1-13(2)16(14-7-4-3-5-8-14)11-17(20)19-12-15-9-6-10-18-15/h3-5,7-8,13,15-16,18H,6,9-12H2,1-2H3,(H,19,20). The minimum absolute atomic E-state index is 0.168. The van der Waals surface area contributed by atoms with Crippen molar-refractivity contribution in [3.8, 4) is 0 Å². The van der Waals surface area contributed by atoms with E-state index in [0.29, 0.717) is 24.3 Å². The maximum absolute atomic E-state index is 12.1. The van der Waals surface area contributed by atoms with Crippen LogP contribution in [-0.2, 0) is 4.79 Å². The van der Waals surface area contributed by atoms with Gasteiger partial charge in [0.2, 0.25) is 5.91 Å². The molecule has 2 rings (SSSR count). The minimum atomic E-state index is 0.168. The lowest BCUT2D eigenvalue weighted by molar-refractivity contribution is -0.121. The van der Waals surface area contributed by atoms with Gasteiger partial charge in [-0.1, -0.05) is 44.2 Å². The van der Waals surface area contributed by atoms with Crippen LogP contribution >= 0.6 is 0 Å². The number of benzene rings is 1. The zero-order valence-electron chi connectivity index (χ0n) is 12.6. The van der Waals surface area contributed by atoms with E-state index in [0.717, 1.165) is 13.1 Å². The molecule has 0 aliphatic carbocycles. The highest BCUT2D eigenvalue weighted by molar-refractivity contribution is 5.77. The van der Waals surface area contributed by atoms with Crippen molar-refractivity contribution in [1.82, 2.24) is 10.6 Å². The summed E-state index contributed by atoms with van der Waals surface area (Å²) < 4.78 is 0. The topological polar surface area (TPSA) is 41.1 Å². The molecule has 0 bridgehead atoms. The molecule has 1 heterocycles. The zero-order chi connectivity index (χ0) is 14.4. The quantitative estimate of drug-likeness (QED) is 0.837. The maximum Gasteiger partial charge on any atom is 0.220 e. The van der Waals surface area contributed by atoms with Crippen LogP contribution in [0, 0.1) is 5.92 Å². The van der Waals surface area contributed by atoms with Crippen LogP contribution in [0.3, 0.4) is 0 Å². The van der Waals surface area contributed by atoms with Crippen molar-refractivity contribution in [2.45, 2.75) is 45.1 Å². The highest BCUT2D eigenvalue weighted by Crippen LogP contribution is 2.27. The largest absolute Gasteiger partial charge is 0.355 e. The van der Waals surface area contributed by atoms with Gasteiger partial charge in [-0.2, -0.15) is 0 Å². The number of hydrogen-bond acceptors (Lipinski definition) is 2. The Bertz CT molecular complexity index is 410. The van der Waals surface area contributed by atoms with Crippen molar-refractivity contribution in [2.24, 2.45) is 5.92 Å². The molecule has 1 saturated heterocycles. The Kier molecular flexibility index (Phi) is 5.60. The molecule has 20 heavy (non-hydrogen) atoms. The van der Waals surface area contributed by atoms with Gasteiger partial charge in [-0.3, -0.25) is 4.79 Å². The van der Waals surface area contributed by atoms with Crippen molar-refractivity contribution in [1.29, 1.82) is 0 Å². The monoisotopic (exact) mass is 274 g/mol. The summed E-state index contributed by atoms with van der Waals surface area (Å²) in [5.41, 5.74) is 1.26. The summed E-state index contributed by atoms with van der Waals surface area (Å²) in [5.74, 6) is 0.932. The van der Waals surface area contributed by atoms with Crippen LogP contribution in [0.2, 0.25) is 0 Å². The van der Waals surface area contributed by atoms with E-state index in [1.165, 1.54) is 18.4 Å². The van der Waals surface area contributed by atoms with E-state index in [4.69, 9.17) is 0 Å². The summed E-state index contributed by atoms with van der Waals surface area (Å²) in [4.78, 5) is 12.1. The van der Waals surface area contributed by atoms with Gasteiger partial charge in [0.1, 0.15) is 0 Å². The molecule has 1 aliphatic heterocycles. The summed E-state index contributed by atoms with van der Waals surface area (Å²) in [6.07, 6.45) is 2.97. The van der Waals surface area contributed by atoms with E-state index in [2.05, 4.69) is 36.6 Å². The number of hydrogen-bond donors (Lipinski definition) is 2. The molecule has 0 aromatic heterocycles. The van der Waals surface area contributed by atoms with Crippen LogP contribution in [0.1, 0.15) is 44.6 Å². The van der Waals surface area contributed by atoms with Gasteiger partial charge in [0, 0.05) is 19.0 Å². The number of carbonyl (C=O) groups excluding carboxylic acids is 1. The lowest BCUT2D eigenvalue weighted by Gasteiger charge is -2.21. The number of amides is 1. The first-order chi connectivity index (χ1) is 9.66. The van der Waals surface area contributed by atoms with E-state index in [-0.39, 0.29) is 5.91 Å². The SMILES string of the molecule is CC(C)C(CC(=O)NCC1CCCN1)c1ccccc1. The molecule has 1 aromatic carbocycles. The fourth-order valence-electron chi connectivity index (χ4n) is 2.88. The molecule has 1 aliphatic rings. The van der Waals surface area contributed by atoms with Gasteiger partial charge >= 0.3 is 0 Å². The second kappa shape index (κ2) is 7.44. The minimum Gasteiger partial charge on any atom is -0.355 e. The first-order valence-electron chi connectivity index (χ1n) is 7.72. The van der Waals surface area contributed by atoms with E-state index in [1.807, 2.05) is 18.2 Å². The second-order valence-corrected chi connectivity index (χ2v) is 6.06. The Balaban J connectivity index is 1.86. The molecular formula is C17H26N2O. The predicted molar refractivity (Wildman–Crippen MR) is 82.7 cm³/mol. The Hall–Kier alpha value is -1.35. The van der Waals surface area contributed by atoms with Crippen LogP contribution in [0.4, 0.5) is 0 Å². The Labute approximate surface area is 122 Å². The molecule has 2 N–H and O–H groups in total. The van der Waals surface area contributed by atoms with Crippen molar-refractivity contribution in [3.05, 3.63) is 35.9 Å². The third-order valence-electron chi connectivity index (χ3n) is 4.15. The van der Waals surface area contributed by atoms with Gasteiger partial charge in [-0.25, -0.2) is 0 Å². The van der Waals surface area contributed by atoms with Crippen molar-refractivity contribution in [3.63, 3.8) is 0 Å². The first-order valence-corrected chi connectivity index (χ1v) is 7.72. The van der Waals surface area contributed by atoms with Crippen LogP contribution in [-0.4, -0.2) is 25.0 Å². The number of rotatable bonds is 6. The summed E-state index contributed by atoms with van der Waals surface area (Å²) in [6.45, 7) is 6.21. The van der Waals surface area contributed by atoms with Crippen molar-refractivity contribution < 1.29 is 4.79 Å². The van der Waals surface area contributed by atoms with Crippen molar-refractivity contribution >= 4 is 5.91 Å². The highest BCUT2D eigenvalue weighted by atomic mass is 16.1. The summed E-state index contributed by atoms with van der Waals surface area (Å²) >= 11 is 0. The third kappa shape index (κ3) is 4.34. The Morgan fingerprint density at radius 2 is 2.10 bits per heavy atom. The molecular weight excluding hydrogens is 248 g/mol. The average molecular weight is 274 g/mol. The summed E-state index contributed by atoms with van der Waals surface area (Å²) in [7, 11) is 0. The highest BCUT2D eigenvalue weighted by Gasteiger charge is 2.20. The molecule has 2 unspecified atom stereocenters. The summed E-state index contributed by atoms with van der Waals surface area (Å²) in [5, 5.41) is 6.48. The van der Waals surface area contributed by atoms with E-state index < -0.39 is 0 Å². The first kappa shape index (κ1) is 15.0. The lowest BCUT2D eigenvalue weighted by Crippen LogP contribution is -2.37. The molecule has 0 saturated carbocycles. The Morgan fingerprint density at radius 3 is 2.70 bits per heavy atom. The lowest BCUT2D eigenvalue weighted by atomic mass is 9.85. The molecule has 1 fully saturated rings. The molecule has 2 atom stereocenters. The van der Waals surface area contributed by atoms with Gasteiger partial charge in [0.25, 0.3) is 0 Å². The van der Waals surface area contributed by atoms with Gasteiger partial charge < -0.3 is 10.6 Å². The van der Waals surface area contributed by atoms with Crippen molar-refractivity contribution in [2.75, 3.05) is 13.1 Å². The van der Waals surface area contributed by atoms with Crippen LogP contribution < -0.4 is 10.6 Å². The smallest absolute Gasteiger partial charge is 0.220 e. The average Bonchev–Trinajstić information content (AvgIpc) is 2.96. The number of nitrogens with one attached hydrogen (secondary N) is 2. The second-order valence-electron chi connectivity index (χ2n) is 6.06. The van der Waals surface area contributed by atoms with Gasteiger partial charge in [0.05, 0.1) is 0 Å². The van der Waals surface area contributed by atoms with Gasteiger partial charge in [-0.05, 0) is 36.8 Å². The molecule has 0 spiro atoms. The fourth-order valence-corrected chi connectivity index (χ4v) is 2.88. The Morgan fingerprint density at radius 1 is 1.35 bits per heavy atom. The molecule has 3 nitrogen and oxygen atoms in total. The van der Waals surface area contributed by atoms with Crippen LogP contribution in [0.5, 0.6) is 0 Å².